The monoisotopic (exact) mass is 448 g/mol. The van der Waals surface area contributed by atoms with Gasteiger partial charge in [0.15, 0.2) is 11.5 Å². The molecule has 1 aliphatic heterocycles. The lowest BCUT2D eigenvalue weighted by Crippen LogP contribution is -2.38. The highest BCUT2D eigenvalue weighted by Gasteiger charge is 2.19. The van der Waals surface area contributed by atoms with Gasteiger partial charge in [-0.25, -0.2) is 4.79 Å². The number of ether oxygens (including phenoxy) is 3. The molecule has 2 heterocycles. The van der Waals surface area contributed by atoms with Crippen LogP contribution in [-0.4, -0.2) is 75.6 Å². The Morgan fingerprint density at radius 3 is 2.69 bits per heavy atom. The first-order valence-corrected chi connectivity index (χ1v) is 10.9. The molecule has 0 atom stereocenters. The van der Waals surface area contributed by atoms with Gasteiger partial charge in [-0.1, -0.05) is 0 Å². The fourth-order valence-corrected chi connectivity index (χ4v) is 3.77. The van der Waals surface area contributed by atoms with Crippen LogP contribution in [0.15, 0.2) is 15.3 Å². The van der Waals surface area contributed by atoms with Gasteiger partial charge in [0.2, 0.25) is 5.91 Å². The van der Waals surface area contributed by atoms with Crippen LogP contribution in [0.5, 0.6) is 11.5 Å². The first kappa shape index (κ1) is 24.0. The van der Waals surface area contributed by atoms with Gasteiger partial charge in [-0.3, -0.25) is 9.69 Å². The Bertz CT molecular complexity index is 996. The molecule has 0 saturated carbocycles. The largest absolute Gasteiger partial charge is 0.504 e. The van der Waals surface area contributed by atoms with Crippen molar-refractivity contribution in [3.05, 3.63) is 33.2 Å². The van der Waals surface area contributed by atoms with Gasteiger partial charge in [0, 0.05) is 56.2 Å². The summed E-state index contributed by atoms with van der Waals surface area (Å²) in [6, 6.07) is 1.71. The second-order valence-corrected chi connectivity index (χ2v) is 7.86. The van der Waals surface area contributed by atoms with E-state index in [-0.39, 0.29) is 24.5 Å². The summed E-state index contributed by atoms with van der Waals surface area (Å²) in [5.74, 6) is 0.158. The van der Waals surface area contributed by atoms with Gasteiger partial charge in [-0.2, -0.15) is 0 Å². The number of aryl methyl sites for hydroxylation is 2. The molecule has 32 heavy (non-hydrogen) atoms. The van der Waals surface area contributed by atoms with Gasteiger partial charge < -0.3 is 29.1 Å². The van der Waals surface area contributed by atoms with Crippen LogP contribution in [-0.2, 0) is 20.7 Å². The predicted molar refractivity (Wildman–Crippen MR) is 120 cm³/mol. The number of amides is 1. The van der Waals surface area contributed by atoms with Crippen molar-refractivity contribution in [1.29, 1.82) is 0 Å². The summed E-state index contributed by atoms with van der Waals surface area (Å²) in [5.41, 5.74) is 1.46. The van der Waals surface area contributed by atoms with Crippen molar-refractivity contribution < 1.29 is 28.5 Å². The minimum atomic E-state index is -0.497. The van der Waals surface area contributed by atoms with E-state index in [2.05, 4.69) is 10.2 Å². The van der Waals surface area contributed by atoms with Crippen LogP contribution in [0.4, 0.5) is 0 Å². The van der Waals surface area contributed by atoms with Gasteiger partial charge in [0.05, 0.1) is 19.8 Å². The second kappa shape index (κ2) is 11.3. The van der Waals surface area contributed by atoms with Crippen LogP contribution in [0.3, 0.4) is 0 Å². The topological polar surface area (TPSA) is 110 Å². The zero-order chi connectivity index (χ0) is 23.1. The minimum Gasteiger partial charge on any atom is -0.504 e. The molecule has 1 aromatic carbocycles. The molecule has 176 valence electrons. The number of aromatic hydroxyl groups is 1. The average Bonchev–Trinajstić information content (AvgIpc) is 2.78. The van der Waals surface area contributed by atoms with Crippen molar-refractivity contribution in [3.63, 3.8) is 0 Å². The third-order valence-corrected chi connectivity index (χ3v) is 5.75. The third kappa shape index (κ3) is 5.79. The quantitative estimate of drug-likeness (QED) is 0.416. The van der Waals surface area contributed by atoms with Crippen LogP contribution in [0, 0.1) is 13.8 Å². The van der Waals surface area contributed by atoms with E-state index in [4.69, 9.17) is 18.6 Å². The first-order valence-electron chi connectivity index (χ1n) is 10.9. The van der Waals surface area contributed by atoms with E-state index < -0.39 is 5.63 Å². The zero-order valence-electron chi connectivity index (χ0n) is 19.0. The van der Waals surface area contributed by atoms with Gasteiger partial charge in [0.25, 0.3) is 0 Å². The lowest BCUT2D eigenvalue weighted by atomic mass is 10.00. The van der Waals surface area contributed by atoms with Crippen molar-refractivity contribution in [3.8, 4) is 11.5 Å². The number of rotatable bonds is 10. The smallest absolute Gasteiger partial charge is 0.339 e. The van der Waals surface area contributed by atoms with Crippen LogP contribution >= 0.6 is 0 Å². The van der Waals surface area contributed by atoms with Crippen LogP contribution < -0.4 is 15.7 Å². The highest BCUT2D eigenvalue weighted by molar-refractivity contribution is 5.88. The Labute approximate surface area is 187 Å². The molecule has 2 N–H and O–H groups in total. The van der Waals surface area contributed by atoms with Crippen molar-refractivity contribution in [2.75, 3.05) is 59.7 Å². The van der Waals surface area contributed by atoms with Crippen LogP contribution in [0.1, 0.15) is 23.1 Å². The molecule has 0 unspecified atom stereocenters. The number of nitrogens with one attached hydrogen (secondary N) is 1. The van der Waals surface area contributed by atoms with E-state index in [1.807, 2.05) is 6.92 Å². The first-order chi connectivity index (χ1) is 15.4. The predicted octanol–water partition coefficient (Wildman–Crippen LogP) is 1.52. The number of carbonyl (C=O) groups is 1. The van der Waals surface area contributed by atoms with Gasteiger partial charge in [-0.05, 0) is 31.9 Å². The van der Waals surface area contributed by atoms with Gasteiger partial charge in [-0.15, -0.1) is 0 Å². The lowest BCUT2D eigenvalue weighted by molar-refractivity contribution is -0.121. The number of fused-ring (bicyclic) bond motifs is 1. The summed E-state index contributed by atoms with van der Waals surface area (Å²) >= 11 is 0. The van der Waals surface area contributed by atoms with Crippen molar-refractivity contribution in [1.82, 2.24) is 10.2 Å². The number of carbonyl (C=O) groups excluding carboxylic acids is 1. The lowest BCUT2D eigenvalue weighted by Gasteiger charge is -2.26. The number of hydrogen-bond donors (Lipinski definition) is 2. The summed E-state index contributed by atoms with van der Waals surface area (Å²) < 4.78 is 21.7. The van der Waals surface area contributed by atoms with Crippen molar-refractivity contribution >= 4 is 16.9 Å². The molecule has 1 aromatic heterocycles. The Balaban J connectivity index is 1.77. The molecule has 9 nitrogen and oxygen atoms in total. The van der Waals surface area contributed by atoms with E-state index in [0.29, 0.717) is 60.8 Å². The highest BCUT2D eigenvalue weighted by atomic mass is 16.5. The molecule has 3 rings (SSSR count). The molecule has 0 aliphatic carbocycles. The molecular weight excluding hydrogens is 416 g/mol. The number of phenolic OH excluding ortho intramolecular Hbond substituents is 1. The maximum atomic E-state index is 12.6. The summed E-state index contributed by atoms with van der Waals surface area (Å²) in [6.45, 7) is 8.66. The Hall–Kier alpha value is -2.62. The van der Waals surface area contributed by atoms with E-state index in [1.54, 1.807) is 20.1 Å². The maximum Gasteiger partial charge on any atom is 0.339 e. The highest BCUT2D eigenvalue weighted by Crippen LogP contribution is 2.37. The van der Waals surface area contributed by atoms with E-state index in [0.717, 1.165) is 25.2 Å². The van der Waals surface area contributed by atoms with Crippen molar-refractivity contribution in [2.45, 2.75) is 26.7 Å². The minimum absolute atomic E-state index is 0.0349. The van der Waals surface area contributed by atoms with Gasteiger partial charge in [0.1, 0.15) is 12.2 Å². The van der Waals surface area contributed by atoms with Gasteiger partial charge >= 0.3 is 5.63 Å². The fraction of sp³-hybridized carbons (Fsp3) is 0.565. The number of methoxy groups -OCH3 is 1. The summed E-state index contributed by atoms with van der Waals surface area (Å²) in [4.78, 5) is 26.8. The number of morpholine rings is 1. The van der Waals surface area contributed by atoms with Crippen LogP contribution in [0.2, 0.25) is 0 Å². The molecule has 0 radical (unpaired) electrons. The fourth-order valence-electron chi connectivity index (χ4n) is 3.77. The second-order valence-electron chi connectivity index (χ2n) is 7.86. The Morgan fingerprint density at radius 1 is 1.22 bits per heavy atom. The number of benzene rings is 1. The average molecular weight is 449 g/mol. The molecule has 9 heteroatoms. The number of nitrogens with zero attached hydrogens (tertiary/aromatic N) is 1. The SMILES string of the molecule is COCCNC(=O)CCc1c(C)c2cc(OCCN3CCOCC3)c(O)c(C)c2oc1=O. The number of phenols is 1. The molecule has 1 aliphatic rings. The van der Waals surface area contributed by atoms with E-state index in [9.17, 15) is 14.7 Å². The number of hydrogen-bond acceptors (Lipinski definition) is 8. The molecule has 1 saturated heterocycles. The Morgan fingerprint density at radius 2 is 1.97 bits per heavy atom. The molecule has 0 spiro atoms. The maximum absolute atomic E-state index is 12.6. The molecule has 2 aromatic rings. The molecular formula is C23H32N2O7. The molecule has 0 bridgehead atoms. The van der Waals surface area contributed by atoms with Crippen molar-refractivity contribution in [2.24, 2.45) is 0 Å². The summed E-state index contributed by atoms with van der Waals surface area (Å²) in [6.07, 6.45) is 0.427. The standard InChI is InChI=1S/C23H32N2O7/c1-15-17(4-5-20(26)24-6-10-29-3)23(28)32-22-16(2)21(27)19(14-18(15)22)31-13-9-25-7-11-30-12-8-25/h14,27H,4-13H2,1-3H3,(H,24,26). The molecule has 1 amide bonds. The van der Waals surface area contributed by atoms with E-state index in [1.165, 1.54) is 0 Å². The van der Waals surface area contributed by atoms with E-state index >= 15 is 0 Å². The zero-order valence-corrected chi connectivity index (χ0v) is 19.0. The summed E-state index contributed by atoms with van der Waals surface area (Å²) in [5, 5.41) is 14.0. The summed E-state index contributed by atoms with van der Waals surface area (Å²) in [7, 11) is 1.57. The van der Waals surface area contributed by atoms with Crippen LogP contribution in [0.25, 0.3) is 11.0 Å². The Kier molecular flexibility index (Phi) is 8.49. The molecule has 1 fully saturated rings. The third-order valence-electron chi connectivity index (χ3n) is 5.75. The normalized spacial score (nSPS) is 14.6.